The van der Waals surface area contributed by atoms with Gasteiger partial charge in [-0.1, -0.05) is 32.6 Å². The van der Waals surface area contributed by atoms with Gasteiger partial charge in [-0.05, 0) is 17.5 Å². The monoisotopic (exact) mass is 174 g/mol. The van der Waals surface area contributed by atoms with Gasteiger partial charge in [0.2, 0.25) is 0 Å². The minimum Gasteiger partial charge on any atom is -0.462 e. The van der Waals surface area contributed by atoms with Crippen molar-refractivity contribution in [3.8, 4) is 5.75 Å². The lowest BCUT2D eigenvalue weighted by atomic mass is 9.95. The summed E-state index contributed by atoms with van der Waals surface area (Å²) < 4.78 is 5.50. The van der Waals surface area contributed by atoms with E-state index in [1.807, 2.05) is 12.1 Å². The van der Waals surface area contributed by atoms with Crippen molar-refractivity contribution in [2.45, 2.75) is 26.2 Å². The van der Waals surface area contributed by atoms with Crippen molar-refractivity contribution in [3.63, 3.8) is 0 Å². The summed E-state index contributed by atoms with van der Waals surface area (Å²) in [6, 6.07) is 6.23. The van der Waals surface area contributed by atoms with Gasteiger partial charge in [0, 0.05) is 12.0 Å². The number of benzene rings is 1. The fraction of sp³-hybridized carbons (Fsp3) is 0.333. The maximum atomic E-state index is 5.50. The molecule has 68 valence electrons. The SMILES string of the molecule is C=C1Cc2c(cccc2C(C)C)O1. The highest BCUT2D eigenvalue weighted by molar-refractivity contribution is 5.47. The number of hydrogen-bond donors (Lipinski definition) is 0. The molecule has 0 atom stereocenters. The highest BCUT2D eigenvalue weighted by Crippen LogP contribution is 2.35. The van der Waals surface area contributed by atoms with E-state index in [0.717, 1.165) is 17.9 Å². The molecule has 0 aliphatic carbocycles. The first-order valence-electron chi connectivity index (χ1n) is 4.66. The van der Waals surface area contributed by atoms with Crippen molar-refractivity contribution in [2.75, 3.05) is 0 Å². The van der Waals surface area contributed by atoms with Crippen LogP contribution in [-0.2, 0) is 6.42 Å². The van der Waals surface area contributed by atoms with Crippen LogP contribution in [0, 0.1) is 0 Å². The average Bonchev–Trinajstić information content (AvgIpc) is 2.43. The van der Waals surface area contributed by atoms with Gasteiger partial charge < -0.3 is 4.74 Å². The molecule has 1 nitrogen and oxygen atoms in total. The molecule has 0 aromatic heterocycles. The molecule has 0 amide bonds. The molecule has 0 saturated carbocycles. The second-order valence-corrected chi connectivity index (χ2v) is 3.80. The molecule has 0 spiro atoms. The number of allylic oxidation sites excluding steroid dienone is 1. The molecule has 1 aliphatic rings. The summed E-state index contributed by atoms with van der Waals surface area (Å²) in [5.74, 6) is 2.42. The zero-order valence-electron chi connectivity index (χ0n) is 8.13. The molecule has 1 heteroatoms. The molecule has 0 bridgehead atoms. The normalized spacial score (nSPS) is 14.5. The van der Waals surface area contributed by atoms with E-state index in [2.05, 4.69) is 26.5 Å². The third-order valence-corrected chi connectivity index (χ3v) is 2.42. The lowest BCUT2D eigenvalue weighted by Gasteiger charge is -2.08. The lowest BCUT2D eigenvalue weighted by Crippen LogP contribution is -1.92. The van der Waals surface area contributed by atoms with Crippen molar-refractivity contribution in [1.82, 2.24) is 0 Å². The lowest BCUT2D eigenvalue weighted by molar-refractivity contribution is 0.449. The molecular weight excluding hydrogens is 160 g/mol. The average molecular weight is 174 g/mol. The Morgan fingerprint density at radius 2 is 2.15 bits per heavy atom. The van der Waals surface area contributed by atoms with Gasteiger partial charge >= 0.3 is 0 Å². The predicted octanol–water partition coefficient (Wildman–Crippen LogP) is 3.26. The fourth-order valence-electron chi connectivity index (χ4n) is 1.80. The summed E-state index contributed by atoms with van der Waals surface area (Å²) in [4.78, 5) is 0. The third kappa shape index (κ3) is 1.35. The molecule has 1 aliphatic heterocycles. The Bertz CT molecular complexity index is 350. The topological polar surface area (TPSA) is 9.23 Å². The van der Waals surface area contributed by atoms with Crippen LogP contribution in [0.4, 0.5) is 0 Å². The van der Waals surface area contributed by atoms with Crippen LogP contribution in [0.2, 0.25) is 0 Å². The second-order valence-electron chi connectivity index (χ2n) is 3.80. The van der Waals surface area contributed by atoms with Gasteiger partial charge in [-0.15, -0.1) is 0 Å². The Labute approximate surface area is 79.0 Å². The molecular formula is C12H14O. The first-order chi connectivity index (χ1) is 6.18. The molecule has 1 aromatic carbocycles. The van der Waals surface area contributed by atoms with Crippen LogP contribution >= 0.6 is 0 Å². The van der Waals surface area contributed by atoms with Crippen molar-refractivity contribution in [2.24, 2.45) is 0 Å². The van der Waals surface area contributed by atoms with Crippen LogP contribution in [0.3, 0.4) is 0 Å². The zero-order chi connectivity index (χ0) is 9.42. The van der Waals surface area contributed by atoms with Crippen LogP contribution < -0.4 is 4.74 Å². The van der Waals surface area contributed by atoms with E-state index in [-0.39, 0.29) is 0 Å². The standard InChI is InChI=1S/C12H14O/c1-8(2)10-5-4-6-12-11(10)7-9(3)13-12/h4-6,8H,3,7H2,1-2H3. The van der Waals surface area contributed by atoms with Gasteiger partial charge in [0.05, 0.1) is 0 Å². The number of ether oxygens (including phenoxy) is 1. The van der Waals surface area contributed by atoms with E-state index in [4.69, 9.17) is 4.74 Å². The smallest absolute Gasteiger partial charge is 0.130 e. The largest absolute Gasteiger partial charge is 0.462 e. The molecule has 0 fully saturated rings. The zero-order valence-corrected chi connectivity index (χ0v) is 8.13. The van der Waals surface area contributed by atoms with E-state index in [1.165, 1.54) is 11.1 Å². The Balaban J connectivity index is 2.51. The number of fused-ring (bicyclic) bond motifs is 1. The summed E-state index contributed by atoms with van der Waals surface area (Å²) in [7, 11) is 0. The van der Waals surface area contributed by atoms with Crippen LogP contribution in [0.15, 0.2) is 30.5 Å². The predicted molar refractivity (Wildman–Crippen MR) is 54.0 cm³/mol. The van der Waals surface area contributed by atoms with Crippen LogP contribution in [0.25, 0.3) is 0 Å². The van der Waals surface area contributed by atoms with Crippen LogP contribution in [0.1, 0.15) is 30.9 Å². The summed E-state index contributed by atoms with van der Waals surface area (Å²) in [6.07, 6.45) is 0.879. The Kier molecular flexibility index (Phi) is 1.87. The molecule has 13 heavy (non-hydrogen) atoms. The highest BCUT2D eigenvalue weighted by Gasteiger charge is 2.19. The van der Waals surface area contributed by atoms with Gasteiger partial charge in [-0.2, -0.15) is 0 Å². The number of rotatable bonds is 1. The molecule has 1 heterocycles. The van der Waals surface area contributed by atoms with E-state index < -0.39 is 0 Å². The summed E-state index contributed by atoms with van der Waals surface area (Å²) >= 11 is 0. The molecule has 2 rings (SSSR count). The van der Waals surface area contributed by atoms with Crippen LogP contribution in [0.5, 0.6) is 5.75 Å². The van der Waals surface area contributed by atoms with Gasteiger partial charge in [0.1, 0.15) is 11.5 Å². The maximum absolute atomic E-state index is 5.50. The fourth-order valence-corrected chi connectivity index (χ4v) is 1.80. The minimum absolute atomic E-state index is 0.560. The first-order valence-corrected chi connectivity index (χ1v) is 4.66. The maximum Gasteiger partial charge on any atom is 0.130 e. The van der Waals surface area contributed by atoms with E-state index >= 15 is 0 Å². The van der Waals surface area contributed by atoms with Gasteiger partial charge in [-0.25, -0.2) is 0 Å². The van der Waals surface area contributed by atoms with Gasteiger partial charge in [-0.3, -0.25) is 0 Å². The van der Waals surface area contributed by atoms with Crippen molar-refractivity contribution >= 4 is 0 Å². The summed E-state index contributed by atoms with van der Waals surface area (Å²) in [6.45, 7) is 8.26. The number of hydrogen-bond acceptors (Lipinski definition) is 1. The summed E-state index contributed by atoms with van der Waals surface area (Å²) in [5.41, 5.74) is 2.71. The van der Waals surface area contributed by atoms with E-state index in [1.54, 1.807) is 0 Å². The van der Waals surface area contributed by atoms with E-state index in [9.17, 15) is 0 Å². The molecule has 0 unspecified atom stereocenters. The molecule has 0 N–H and O–H groups in total. The van der Waals surface area contributed by atoms with Gasteiger partial charge in [0.15, 0.2) is 0 Å². The molecule has 1 aromatic rings. The Hall–Kier alpha value is -1.24. The minimum atomic E-state index is 0.560. The third-order valence-electron chi connectivity index (χ3n) is 2.42. The van der Waals surface area contributed by atoms with Crippen LogP contribution in [-0.4, -0.2) is 0 Å². The van der Waals surface area contributed by atoms with Crippen molar-refractivity contribution in [1.29, 1.82) is 0 Å². The van der Waals surface area contributed by atoms with E-state index in [0.29, 0.717) is 5.92 Å². The van der Waals surface area contributed by atoms with Crippen molar-refractivity contribution < 1.29 is 4.74 Å². The molecule has 0 radical (unpaired) electrons. The second kappa shape index (κ2) is 2.91. The summed E-state index contributed by atoms with van der Waals surface area (Å²) in [5, 5.41) is 0. The Morgan fingerprint density at radius 3 is 2.85 bits per heavy atom. The van der Waals surface area contributed by atoms with Gasteiger partial charge in [0.25, 0.3) is 0 Å². The quantitative estimate of drug-likeness (QED) is 0.635. The highest BCUT2D eigenvalue weighted by atomic mass is 16.5. The molecule has 0 saturated heterocycles. The van der Waals surface area contributed by atoms with Crippen molar-refractivity contribution in [3.05, 3.63) is 41.7 Å². The first kappa shape index (κ1) is 8.36. The Morgan fingerprint density at radius 1 is 1.38 bits per heavy atom.